The molecule has 2 aromatic rings. The molecule has 376 valence electrons. The number of fused-ring (bicyclic) bond motifs is 2. The highest BCUT2D eigenvalue weighted by molar-refractivity contribution is 8.00. The van der Waals surface area contributed by atoms with Crippen LogP contribution in [-0.2, 0) is 38.2 Å². The number of nitrogens with zero attached hydrogens (tertiary/aromatic N) is 2. The first-order chi connectivity index (χ1) is 33.0. The molecule has 6 rings (SSSR count). The van der Waals surface area contributed by atoms with E-state index in [0.29, 0.717) is 43.6 Å². The topological polar surface area (TPSA) is 188 Å². The van der Waals surface area contributed by atoms with E-state index in [1.807, 2.05) is 81.4 Å². The van der Waals surface area contributed by atoms with Gasteiger partial charge in [0.1, 0.15) is 31.3 Å². The van der Waals surface area contributed by atoms with E-state index in [1.165, 1.54) is 0 Å². The van der Waals surface area contributed by atoms with Crippen LogP contribution >= 0.6 is 23.5 Å². The Hall–Kier alpha value is -4.44. The zero-order valence-electron chi connectivity index (χ0n) is 41.5. The maximum atomic E-state index is 14.5. The number of carbonyl (C=O) groups excluding carboxylic acids is 6. The number of nitrogens with one attached hydrogen (secondary N) is 5. The van der Waals surface area contributed by atoms with E-state index < -0.39 is 53.1 Å². The number of rotatable bonds is 20. The molecule has 0 saturated carbocycles. The monoisotopic (exact) mass is 987 g/mol. The predicted octanol–water partition coefficient (Wildman–Crippen LogP) is 4.38. The normalized spacial score (nSPS) is 25.6. The molecule has 5 N–H and O–H groups in total. The summed E-state index contributed by atoms with van der Waals surface area (Å²) < 4.78 is 12.2. The van der Waals surface area contributed by atoms with Crippen LogP contribution in [0.1, 0.15) is 103 Å². The Balaban J connectivity index is 1.06. The second kappa shape index (κ2) is 24.6. The number of hydrogen-bond donors (Lipinski definition) is 5. The summed E-state index contributed by atoms with van der Waals surface area (Å²) in [5, 5.41) is 14.7. The number of ether oxygens (including phenoxy) is 2. The van der Waals surface area contributed by atoms with Crippen molar-refractivity contribution in [1.82, 2.24) is 36.4 Å². The maximum Gasteiger partial charge on any atom is 0.246 e. The van der Waals surface area contributed by atoms with E-state index in [1.54, 1.807) is 54.3 Å². The van der Waals surface area contributed by atoms with Gasteiger partial charge in [-0.15, -0.1) is 23.5 Å². The quantitative estimate of drug-likeness (QED) is 0.0933. The molecule has 5 amide bonds. The third-order valence-electron chi connectivity index (χ3n) is 14.0. The number of carbonyl (C=O) groups is 6. The smallest absolute Gasteiger partial charge is 0.246 e. The van der Waals surface area contributed by atoms with Crippen molar-refractivity contribution in [2.75, 3.05) is 52.0 Å². The zero-order valence-corrected chi connectivity index (χ0v) is 43.1. The van der Waals surface area contributed by atoms with Gasteiger partial charge in [-0.05, 0) is 86.6 Å². The Morgan fingerprint density at radius 2 is 1.23 bits per heavy atom. The summed E-state index contributed by atoms with van der Waals surface area (Å²) in [6.07, 6.45) is 3.05. The first-order valence-electron chi connectivity index (χ1n) is 24.4. The number of ketones is 1. The molecular weight excluding hydrogens is 915 g/mol. The molecule has 15 nitrogen and oxygen atoms in total. The average molecular weight is 988 g/mol. The Kier molecular flexibility index (Phi) is 19.2. The van der Waals surface area contributed by atoms with Crippen LogP contribution < -0.4 is 26.6 Å². The van der Waals surface area contributed by atoms with Crippen molar-refractivity contribution in [2.45, 2.75) is 139 Å². The van der Waals surface area contributed by atoms with Gasteiger partial charge in [0, 0.05) is 12.3 Å². The Morgan fingerprint density at radius 3 is 1.77 bits per heavy atom. The van der Waals surface area contributed by atoms with Gasteiger partial charge < -0.3 is 45.9 Å². The molecule has 0 spiro atoms. The molecule has 4 aliphatic heterocycles. The molecule has 17 heteroatoms. The molecule has 0 aliphatic carbocycles. The van der Waals surface area contributed by atoms with Gasteiger partial charge in [-0.25, -0.2) is 0 Å². The van der Waals surface area contributed by atoms with Crippen LogP contribution in [0.15, 0.2) is 60.7 Å². The van der Waals surface area contributed by atoms with Crippen molar-refractivity contribution in [3.8, 4) is 11.8 Å². The first-order valence-corrected chi connectivity index (χ1v) is 26.5. The summed E-state index contributed by atoms with van der Waals surface area (Å²) in [4.78, 5) is 86.6. The molecule has 4 fully saturated rings. The molecule has 4 saturated heterocycles. The summed E-state index contributed by atoms with van der Waals surface area (Å²) in [6, 6.07) is 15.1. The lowest BCUT2D eigenvalue weighted by molar-refractivity contribution is -0.144. The highest BCUT2D eigenvalue weighted by atomic mass is 32.2. The molecular formula is C52H73N7O8S2. The Bertz CT molecular complexity index is 2170. The molecule has 0 aromatic heterocycles. The van der Waals surface area contributed by atoms with Crippen molar-refractivity contribution >= 4 is 58.8 Å². The average Bonchev–Trinajstić information content (AvgIpc) is 3.65. The zero-order chi connectivity index (χ0) is 49.9. The number of benzene rings is 2. The van der Waals surface area contributed by atoms with E-state index in [2.05, 4.69) is 52.3 Å². The van der Waals surface area contributed by atoms with E-state index in [9.17, 15) is 28.8 Å². The van der Waals surface area contributed by atoms with Gasteiger partial charge in [0.05, 0.1) is 48.1 Å². The molecule has 0 bridgehead atoms. The highest BCUT2D eigenvalue weighted by Crippen LogP contribution is 2.48. The van der Waals surface area contributed by atoms with Crippen molar-refractivity contribution in [1.29, 1.82) is 0 Å². The maximum absolute atomic E-state index is 14.5. The Morgan fingerprint density at radius 1 is 0.725 bits per heavy atom. The van der Waals surface area contributed by atoms with Gasteiger partial charge in [0.15, 0.2) is 5.78 Å². The lowest BCUT2D eigenvalue weighted by Gasteiger charge is -2.35. The van der Waals surface area contributed by atoms with Crippen LogP contribution in [0, 0.1) is 22.7 Å². The van der Waals surface area contributed by atoms with Crippen molar-refractivity contribution in [2.24, 2.45) is 10.8 Å². The molecule has 0 unspecified atom stereocenters. The van der Waals surface area contributed by atoms with Gasteiger partial charge in [-0.3, -0.25) is 28.8 Å². The van der Waals surface area contributed by atoms with Crippen LogP contribution in [0.4, 0.5) is 0 Å². The van der Waals surface area contributed by atoms with Crippen LogP contribution in [-0.4, -0.2) is 144 Å². The van der Waals surface area contributed by atoms with Crippen molar-refractivity contribution in [3.05, 3.63) is 71.8 Å². The third-order valence-corrected chi connectivity index (χ3v) is 16.5. The van der Waals surface area contributed by atoms with Crippen LogP contribution in [0.5, 0.6) is 0 Å². The van der Waals surface area contributed by atoms with Gasteiger partial charge in [0.25, 0.3) is 0 Å². The van der Waals surface area contributed by atoms with Crippen molar-refractivity contribution in [3.63, 3.8) is 0 Å². The minimum Gasteiger partial charge on any atom is -0.368 e. The third kappa shape index (κ3) is 13.3. The lowest BCUT2D eigenvalue weighted by atomic mass is 9.79. The fourth-order valence-electron chi connectivity index (χ4n) is 10.1. The molecule has 2 aromatic carbocycles. The first kappa shape index (κ1) is 53.9. The van der Waals surface area contributed by atoms with E-state index in [-0.39, 0.29) is 84.8 Å². The molecule has 4 heterocycles. The number of amides is 5. The van der Waals surface area contributed by atoms with Gasteiger partial charge >= 0.3 is 0 Å². The summed E-state index contributed by atoms with van der Waals surface area (Å²) >= 11 is 3.33. The summed E-state index contributed by atoms with van der Waals surface area (Å²) in [6.45, 7) is 12.3. The summed E-state index contributed by atoms with van der Waals surface area (Å²) in [7, 11) is 3.42. The Labute approximate surface area is 417 Å². The lowest BCUT2D eigenvalue weighted by Crippen LogP contribution is -2.58. The van der Waals surface area contributed by atoms with Crippen LogP contribution in [0.3, 0.4) is 0 Å². The minimum absolute atomic E-state index is 0.0390. The molecule has 0 radical (unpaired) electrons. The predicted molar refractivity (Wildman–Crippen MR) is 271 cm³/mol. The van der Waals surface area contributed by atoms with Gasteiger partial charge in [-0.2, -0.15) is 0 Å². The number of hydrogen-bond acceptors (Lipinski definition) is 12. The van der Waals surface area contributed by atoms with Crippen molar-refractivity contribution < 1.29 is 38.2 Å². The van der Waals surface area contributed by atoms with E-state index in [0.717, 1.165) is 11.1 Å². The molecule has 69 heavy (non-hydrogen) atoms. The fourth-order valence-corrected chi connectivity index (χ4v) is 13.3. The largest absolute Gasteiger partial charge is 0.368 e. The SMILES string of the molecule is CC[C@H](NC)C(=O)N[C@H]1CCS[C@H]2CC(C)(C)[C@@H](C(=O)C[C@H](COCC#CCOC[C@@H](NC(=O)[C@H]3N4C(=O)[C@@H](NC(=O)[C@H](C)NC)CCS[C@H]4CC3(C)C)c3ccccc3)c3ccccc3)N2C1=O. The van der Waals surface area contributed by atoms with Gasteiger partial charge in [-0.1, -0.05) is 107 Å². The second-order valence-electron chi connectivity index (χ2n) is 19.9. The standard InChI is InChI=1S/C52H73N7O8S2/c1-9-37(54-8)47(62)56-39-23-27-68-42-29-51(3,4)44(58(42)49(39)64)41(60)28-36(34-18-12-10-13-19-34)31-66-24-16-17-25-67-32-40(35-20-14-11-15-21-35)57-48(63)45-52(5,6)30-43-59(45)50(65)38(22-26-69-43)55-46(61)33(2)53-7/h10-15,18-21,33,36-40,42-45,53-54H,9,22-32H2,1-8H3,(H,55,61)(H,56,62)(H,57,63)/t33-,36+,37-,38-,39-,40+,42-,43-,44+,45+/m0/s1. The van der Waals surface area contributed by atoms with E-state index >= 15 is 0 Å². The van der Waals surface area contributed by atoms with Crippen LogP contribution in [0.2, 0.25) is 0 Å². The second-order valence-corrected chi connectivity index (χ2v) is 22.5. The molecule has 10 atom stereocenters. The highest BCUT2D eigenvalue weighted by Gasteiger charge is 2.56. The van der Waals surface area contributed by atoms with E-state index in [4.69, 9.17) is 9.47 Å². The van der Waals surface area contributed by atoms with Crippen LogP contribution in [0.25, 0.3) is 0 Å². The van der Waals surface area contributed by atoms with Gasteiger partial charge in [0.2, 0.25) is 29.5 Å². The number of thioether (sulfide) groups is 2. The minimum atomic E-state index is -0.763. The molecule has 4 aliphatic rings. The fraction of sp³-hybridized carbons (Fsp3) is 0.615. The number of Topliss-reactive ketones (excluding diaryl/α,β-unsaturated/α-hetero) is 1. The number of likely N-dealkylation sites (N-methyl/N-ethyl adjacent to an activating group) is 2. The summed E-state index contributed by atoms with van der Waals surface area (Å²) in [5.41, 5.74) is 0.788. The summed E-state index contributed by atoms with van der Waals surface area (Å²) in [5.74, 6) is 5.90.